The maximum absolute atomic E-state index is 10.3. The summed E-state index contributed by atoms with van der Waals surface area (Å²) in [5.41, 5.74) is -0.313. The zero-order valence-corrected chi connectivity index (χ0v) is 10.2. The lowest BCUT2D eigenvalue weighted by atomic mass is 10.0. The van der Waals surface area contributed by atoms with Crippen LogP contribution in [0.25, 0.3) is 0 Å². The molecule has 0 saturated carbocycles. The highest BCUT2D eigenvalue weighted by Gasteiger charge is 2.29. The highest BCUT2D eigenvalue weighted by Crippen LogP contribution is 2.27. The number of hydrogen-bond donors (Lipinski definition) is 2. The van der Waals surface area contributed by atoms with Crippen LogP contribution in [0.15, 0.2) is 6.20 Å². The third-order valence-electron chi connectivity index (χ3n) is 2.32. The Labute approximate surface area is 95.2 Å². The first-order valence-corrected chi connectivity index (χ1v) is 5.55. The minimum atomic E-state index is -0.987. The van der Waals surface area contributed by atoms with Gasteiger partial charge in [-0.1, -0.05) is 18.5 Å². The summed E-state index contributed by atoms with van der Waals surface area (Å²) in [6, 6.07) is 0. The summed E-state index contributed by atoms with van der Waals surface area (Å²) in [4.78, 5) is 0. The van der Waals surface area contributed by atoms with E-state index in [1.807, 2.05) is 13.8 Å². The van der Waals surface area contributed by atoms with E-state index in [1.54, 1.807) is 17.8 Å². The predicted molar refractivity (Wildman–Crippen MR) is 61.0 cm³/mol. The fourth-order valence-corrected chi connectivity index (χ4v) is 1.93. The van der Waals surface area contributed by atoms with Gasteiger partial charge in [-0.15, -0.1) is 0 Å². The third-order valence-corrected chi connectivity index (χ3v) is 2.60. The molecule has 0 aliphatic rings. The molecule has 0 bridgehead atoms. The summed E-state index contributed by atoms with van der Waals surface area (Å²) in [6.07, 6.45) is 1.57. The zero-order chi connectivity index (χ0) is 11.5. The molecule has 0 aliphatic heterocycles. The molecular weight excluding hydrogens is 214 g/mol. The van der Waals surface area contributed by atoms with Gasteiger partial charge in [0.05, 0.1) is 16.9 Å². The Morgan fingerprint density at radius 2 is 2.27 bits per heavy atom. The molecule has 1 aromatic rings. The van der Waals surface area contributed by atoms with Crippen LogP contribution in [0.2, 0.25) is 5.02 Å². The Balaban J connectivity index is 2.96. The van der Waals surface area contributed by atoms with Crippen molar-refractivity contribution in [2.45, 2.75) is 32.9 Å². The van der Waals surface area contributed by atoms with E-state index in [0.29, 0.717) is 23.8 Å². The number of hydrogen-bond acceptors (Lipinski definition) is 3. The molecule has 0 amide bonds. The van der Waals surface area contributed by atoms with Crippen molar-refractivity contribution in [2.24, 2.45) is 0 Å². The van der Waals surface area contributed by atoms with Crippen molar-refractivity contribution in [3.8, 4) is 0 Å². The maximum Gasteiger partial charge on any atom is 0.117 e. The number of nitrogens with one attached hydrogen (secondary N) is 1. The summed E-state index contributed by atoms with van der Waals surface area (Å²) < 4.78 is 1.72. The highest BCUT2D eigenvalue weighted by atomic mass is 35.5. The van der Waals surface area contributed by atoms with Crippen molar-refractivity contribution in [3.63, 3.8) is 0 Å². The summed E-state index contributed by atoms with van der Waals surface area (Å²) in [5, 5.41) is 18.0. The molecule has 2 N–H and O–H groups in total. The molecule has 1 rings (SSSR count). The SMILES string of the molecule is CCNCC(C)(O)c1c(Cl)cnn1CC. The summed E-state index contributed by atoms with van der Waals surface area (Å²) in [7, 11) is 0. The smallest absolute Gasteiger partial charge is 0.117 e. The lowest BCUT2D eigenvalue weighted by Crippen LogP contribution is -2.37. The lowest BCUT2D eigenvalue weighted by Gasteiger charge is -2.24. The van der Waals surface area contributed by atoms with Gasteiger partial charge in [0.25, 0.3) is 0 Å². The maximum atomic E-state index is 10.3. The Bertz CT molecular complexity index is 322. The van der Waals surface area contributed by atoms with Crippen LogP contribution in [-0.4, -0.2) is 28.0 Å². The quantitative estimate of drug-likeness (QED) is 0.805. The van der Waals surface area contributed by atoms with Gasteiger partial charge in [0.1, 0.15) is 5.60 Å². The standard InChI is InChI=1S/C10H18ClN3O/c1-4-12-7-10(3,15)9-8(11)6-13-14(9)5-2/h6,12,15H,4-5,7H2,1-3H3. The normalized spacial score (nSPS) is 15.3. The molecule has 0 fully saturated rings. The molecule has 0 spiro atoms. The van der Waals surface area contributed by atoms with Crippen LogP contribution < -0.4 is 5.32 Å². The molecule has 5 heteroatoms. The Morgan fingerprint density at radius 3 is 2.80 bits per heavy atom. The van der Waals surface area contributed by atoms with Gasteiger partial charge in [0, 0.05) is 13.1 Å². The minimum absolute atomic E-state index is 0.467. The van der Waals surface area contributed by atoms with E-state index in [-0.39, 0.29) is 0 Å². The Morgan fingerprint density at radius 1 is 1.60 bits per heavy atom. The first-order chi connectivity index (χ1) is 7.03. The molecule has 15 heavy (non-hydrogen) atoms. The summed E-state index contributed by atoms with van der Waals surface area (Å²) in [5.74, 6) is 0. The van der Waals surface area contributed by atoms with E-state index in [1.165, 1.54) is 0 Å². The summed E-state index contributed by atoms with van der Waals surface area (Å²) in [6.45, 7) is 7.68. The van der Waals surface area contributed by atoms with Crippen LogP contribution in [0.4, 0.5) is 0 Å². The van der Waals surface area contributed by atoms with Crippen LogP contribution in [0.1, 0.15) is 26.5 Å². The van der Waals surface area contributed by atoms with Crippen molar-refractivity contribution >= 4 is 11.6 Å². The zero-order valence-electron chi connectivity index (χ0n) is 9.42. The number of likely N-dealkylation sites (N-methyl/N-ethyl adjacent to an activating group) is 1. The molecule has 0 aliphatic carbocycles. The van der Waals surface area contributed by atoms with Crippen LogP contribution >= 0.6 is 11.6 Å². The monoisotopic (exact) mass is 231 g/mol. The number of halogens is 1. The van der Waals surface area contributed by atoms with Gasteiger partial charge >= 0.3 is 0 Å². The number of aliphatic hydroxyl groups is 1. The number of nitrogens with zero attached hydrogens (tertiary/aromatic N) is 2. The van der Waals surface area contributed by atoms with Gasteiger partial charge in [-0.3, -0.25) is 4.68 Å². The van der Waals surface area contributed by atoms with Crippen LogP contribution in [-0.2, 0) is 12.1 Å². The van der Waals surface area contributed by atoms with Crippen LogP contribution in [0.5, 0.6) is 0 Å². The van der Waals surface area contributed by atoms with Crippen molar-refractivity contribution in [1.82, 2.24) is 15.1 Å². The molecule has 1 heterocycles. The van der Waals surface area contributed by atoms with E-state index < -0.39 is 5.60 Å². The Kier molecular flexibility index (Phi) is 4.13. The van der Waals surface area contributed by atoms with E-state index in [9.17, 15) is 5.11 Å². The van der Waals surface area contributed by atoms with Crippen molar-refractivity contribution in [3.05, 3.63) is 16.9 Å². The van der Waals surface area contributed by atoms with Crippen molar-refractivity contribution in [1.29, 1.82) is 0 Å². The average molecular weight is 232 g/mol. The molecule has 0 saturated heterocycles. The third kappa shape index (κ3) is 2.71. The second-order valence-corrected chi connectivity index (χ2v) is 4.12. The van der Waals surface area contributed by atoms with Gasteiger partial charge in [-0.25, -0.2) is 0 Å². The average Bonchev–Trinajstić information content (AvgIpc) is 2.57. The van der Waals surface area contributed by atoms with Crippen LogP contribution in [0.3, 0.4) is 0 Å². The molecule has 0 aromatic carbocycles. The van der Waals surface area contributed by atoms with Gasteiger partial charge in [0.2, 0.25) is 0 Å². The highest BCUT2D eigenvalue weighted by molar-refractivity contribution is 6.31. The molecule has 0 radical (unpaired) electrons. The van der Waals surface area contributed by atoms with E-state index in [4.69, 9.17) is 11.6 Å². The second kappa shape index (κ2) is 4.96. The molecule has 1 aromatic heterocycles. The second-order valence-electron chi connectivity index (χ2n) is 3.71. The molecule has 1 unspecified atom stereocenters. The van der Waals surface area contributed by atoms with E-state index in [2.05, 4.69) is 10.4 Å². The van der Waals surface area contributed by atoms with E-state index in [0.717, 1.165) is 6.54 Å². The molecule has 1 atom stereocenters. The Hall–Kier alpha value is -0.580. The van der Waals surface area contributed by atoms with Crippen LogP contribution in [0, 0.1) is 0 Å². The van der Waals surface area contributed by atoms with Gasteiger partial charge in [-0.2, -0.15) is 5.10 Å². The van der Waals surface area contributed by atoms with Gasteiger partial charge < -0.3 is 10.4 Å². The van der Waals surface area contributed by atoms with Crippen molar-refractivity contribution in [2.75, 3.05) is 13.1 Å². The first-order valence-electron chi connectivity index (χ1n) is 5.17. The number of rotatable bonds is 5. The van der Waals surface area contributed by atoms with Crippen molar-refractivity contribution < 1.29 is 5.11 Å². The topological polar surface area (TPSA) is 50.1 Å². The van der Waals surface area contributed by atoms with E-state index >= 15 is 0 Å². The molecule has 86 valence electrons. The molecule has 4 nitrogen and oxygen atoms in total. The predicted octanol–water partition coefficient (Wildman–Crippen LogP) is 1.37. The van der Waals surface area contributed by atoms with Gasteiger partial charge in [0.15, 0.2) is 0 Å². The number of aryl methyl sites for hydroxylation is 1. The first kappa shape index (κ1) is 12.5. The fourth-order valence-electron chi connectivity index (χ4n) is 1.59. The minimum Gasteiger partial charge on any atom is -0.382 e. The van der Waals surface area contributed by atoms with Gasteiger partial charge in [-0.05, 0) is 20.4 Å². The fraction of sp³-hybridized carbons (Fsp3) is 0.700. The summed E-state index contributed by atoms with van der Waals surface area (Å²) >= 11 is 6.02. The lowest BCUT2D eigenvalue weighted by molar-refractivity contribution is 0.0483. The largest absolute Gasteiger partial charge is 0.382 e. The number of aromatic nitrogens is 2. The molecular formula is C10H18ClN3O.